The molecule has 2 N–H and O–H groups in total. The minimum absolute atomic E-state index is 0.162. The van der Waals surface area contributed by atoms with Crippen LogP contribution in [0.5, 0.6) is 0 Å². The monoisotopic (exact) mass is 430 g/mol. The van der Waals surface area contributed by atoms with Gasteiger partial charge in [0.2, 0.25) is 5.91 Å². The number of nitrogens with zero attached hydrogens (tertiary/aromatic N) is 2. The summed E-state index contributed by atoms with van der Waals surface area (Å²) >= 11 is 0. The van der Waals surface area contributed by atoms with E-state index in [-0.39, 0.29) is 35.6 Å². The Balaban J connectivity index is 1.76. The fraction of sp³-hybridized carbons (Fsp3) is 0.211. The molecule has 0 aromatic heterocycles. The highest BCUT2D eigenvalue weighted by atomic mass is 16.6. The molecule has 2 aromatic carbocycles. The summed E-state index contributed by atoms with van der Waals surface area (Å²) < 4.78 is 4.77. The standard InChI is InChI=1S/C19H18N4O8/c1-12-5-6-14(10-16(12)23(29)30)21-18(25)11-31-19(26)8-7-17(24)20-13-3-2-4-15(9-13)22(27)28/h2-6,9-10H,7-8,11H2,1H3,(H,20,24)(H,21,25). The van der Waals surface area contributed by atoms with Crippen LogP contribution in [0.15, 0.2) is 42.5 Å². The summed E-state index contributed by atoms with van der Waals surface area (Å²) in [5, 5.41) is 26.5. The van der Waals surface area contributed by atoms with E-state index < -0.39 is 34.2 Å². The van der Waals surface area contributed by atoms with Gasteiger partial charge in [0.15, 0.2) is 6.61 Å². The highest BCUT2D eigenvalue weighted by Gasteiger charge is 2.14. The number of nitrogens with one attached hydrogen (secondary N) is 2. The smallest absolute Gasteiger partial charge is 0.306 e. The summed E-state index contributed by atoms with van der Waals surface area (Å²) in [6.07, 6.45) is -0.572. The normalized spacial score (nSPS) is 10.1. The average Bonchev–Trinajstić information content (AvgIpc) is 2.72. The molecule has 0 heterocycles. The average molecular weight is 430 g/mol. The molecule has 0 fully saturated rings. The van der Waals surface area contributed by atoms with Crippen LogP contribution in [0, 0.1) is 27.2 Å². The van der Waals surface area contributed by atoms with E-state index in [1.165, 1.54) is 42.5 Å². The van der Waals surface area contributed by atoms with Crippen molar-refractivity contribution < 1.29 is 29.0 Å². The summed E-state index contributed by atoms with van der Waals surface area (Å²) in [6, 6.07) is 9.45. The summed E-state index contributed by atoms with van der Waals surface area (Å²) in [6.45, 7) is 0.924. The Hall–Kier alpha value is -4.35. The molecule has 0 aliphatic rings. The van der Waals surface area contributed by atoms with Crippen LogP contribution in [0.25, 0.3) is 0 Å². The van der Waals surface area contributed by atoms with Crippen molar-refractivity contribution in [2.75, 3.05) is 17.2 Å². The van der Waals surface area contributed by atoms with Crippen LogP contribution in [0.1, 0.15) is 18.4 Å². The number of non-ortho nitro benzene ring substituents is 1. The van der Waals surface area contributed by atoms with Gasteiger partial charge in [-0.1, -0.05) is 12.1 Å². The van der Waals surface area contributed by atoms with E-state index in [2.05, 4.69) is 10.6 Å². The number of benzene rings is 2. The number of nitro groups is 2. The number of aryl methyl sites for hydroxylation is 1. The van der Waals surface area contributed by atoms with Crippen LogP contribution in [-0.2, 0) is 19.1 Å². The lowest BCUT2D eigenvalue weighted by atomic mass is 10.2. The third kappa shape index (κ3) is 7.20. The fourth-order valence-corrected chi connectivity index (χ4v) is 2.44. The Morgan fingerprint density at radius 1 is 0.903 bits per heavy atom. The van der Waals surface area contributed by atoms with Crippen LogP contribution in [0.3, 0.4) is 0 Å². The van der Waals surface area contributed by atoms with Crippen molar-refractivity contribution in [3.05, 3.63) is 68.3 Å². The summed E-state index contributed by atoms with van der Waals surface area (Å²) in [5.41, 5.74) is 0.457. The minimum Gasteiger partial charge on any atom is -0.456 e. The second-order valence-electron chi connectivity index (χ2n) is 6.32. The lowest BCUT2D eigenvalue weighted by Gasteiger charge is -2.08. The van der Waals surface area contributed by atoms with Gasteiger partial charge < -0.3 is 15.4 Å². The first-order valence-corrected chi connectivity index (χ1v) is 8.90. The Kier molecular flexibility index (Phi) is 7.72. The third-order valence-corrected chi connectivity index (χ3v) is 3.95. The van der Waals surface area contributed by atoms with E-state index in [1.807, 2.05) is 0 Å². The topological polar surface area (TPSA) is 171 Å². The number of hydrogen-bond donors (Lipinski definition) is 2. The number of amides is 2. The van der Waals surface area contributed by atoms with Crippen molar-refractivity contribution in [2.45, 2.75) is 19.8 Å². The second kappa shape index (κ2) is 10.4. The van der Waals surface area contributed by atoms with Gasteiger partial charge >= 0.3 is 5.97 Å². The fourth-order valence-electron chi connectivity index (χ4n) is 2.44. The van der Waals surface area contributed by atoms with Crippen LogP contribution in [-0.4, -0.2) is 34.2 Å². The highest BCUT2D eigenvalue weighted by Crippen LogP contribution is 2.22. The van der Waals surface area contributed by atoms with E-state index in [0.29, 0.717) is 5.56 Å². The van der Waals surface area contributed by atoms with Crippen molar-refractivity contribution in [3.8, 4) is 0 Å². The maximum atomic E-state index is 11.9. The highest BCUT2D eigenvalue weighted by molar-refractivity contribution is 5.94. The lowest BCUT2D eigenvalue weighted by molar-refractivity contribution is -0.385. The van der Waals surface area contributed by atoms with Gasteiger partial charge in [-0.2, -0.15) is 0 Å². The molecule has 0 atom stereocenters. The maximum absolute atomic E-state index is 11.9. The van der Waals surface area contributed by atoms with Crippen LogP contribution in [0.4, 0.5) is 22.7 Å². The number of anilines is 2. The van der Waals surface area contributed by atoms with Crippen LogP contribution >= 0.6 is 0 Å². The van der Waals surface area contributed by atoms with Crippen molar-refractivity contribution >= 4 is 40.5 Å². The molecular weight excluding hydrogens is 412 g/mol. The zero-order valence-corrected chi connectivity index (χ0v) is 16.3. The van der Waals surface area contributed by atoms with Gasteiger partial charge in [-0.3, -0.25) is 34.6 Å². The zero-order valence-electron chi connectivity index (χ0n) is 16.3. The number of nitro benzene ring substituents is 2. The molecule has 0 saturated heterocycles. The number of ether oxygens (including phenoxy) is 1. The van der Waals surface area contributed by atoms with Gasteiger partial charge in [0.1, 0.15) is 0 Å². The van der Waals surface area contributed by atoms with Gasteiger partial charge in [0, 0.05) is 41.6 Å². The number of carbonyl (C=O) groups is 3. The maximum Gasteiger partial charge on any atom is 0.306 e. The lowest BCUT2D eigenvalue weighted by Crippen LogP contribution is -2.21. The molecule has 0 saturated carbocycles. The first-order valence-electron chi connectivity index (χ1n) is 8.90. The van der Waals surface area contributed by atoms with E-state index in [0.717, 1.165) is 0 Å². The number of esters is 1. The number of hydrogen-bond acceptors (Lipinski definition) is 8. The van der Waals surface area contributed by atoms with Crippen molar-refractivity contribution in [2.24, 2.45) is 0 Å². The predicted molar refractivity (Wildman–Crippen MR) is 108 cm³/mol. The molecule has 0 unspecified atom stereocenters. The molecule has 0 aliphatic heterocycles. The first-order chi connectivity index (χ1) is 14.7. The zero-order chi connectivity index (χ0) is 23.0. The Bertz CT molecular complexity index is 1040. The number of carbonyl (C=O) groups excluding carboxylic acids is 3. The molecule has 0 bridgehead atoms. The molecule has 31 heavy (non-hydrogen) atoms. The second-order valence-corrected chi connectivity index (χ2v) is 6.32. The Morgan fingerprint density at radius 3 is 2.26 bits per heavy atom. The molecule has 0 spiro atoms. The molecule has 0 radical (unpaired) electrons. The minimum atomic E-state index is -0.806. The quantitative estimate of drug-likeness (QED) is 0.347. The van der Waals surface area contributed by atoms with E-state index >= 15 is 0 Å². The summed E-state index contributed by atoms with van der Waals surface area (Å²) in [7, 11) is 0. The van der Waals surface area contributed by atoms with E-state index in [1.54, 1.807) is 6.92 Å². The van der Waals surface area contributed by atoms with Gasteiger partial charge in [0.25, 0.3) is 17.3 Å². The van der Waals surface area contributed by atoms with Crippen LogP contribution < -0.4 is 10.6 Å². The van der Waals surface area contributed by atoms with Gasteiger partial charge in [-0.05, 0) is 19.1 Å². The van der Waals surface area contributed by atoms with Crippen molar-refractivity contribution in [3.63, 3.8) is 0 Å². The SMILES string of the molecule is Cc1ccc(NC(=O)COC(=O)CCC(=O)Nc2cccc([N+](=O)[O-])c2)cc1[N+](=O)[O-]. The third-order valence-electron chi connectivity index (χ3n) is 3.95. The summed E-state index contributed by atoms with van der Waals surface area (Å²) in [5.74, 6) is -2.07. The molecule has 0 aliphatic carbocycles. The molecule has 12 heteroatoms. The predicted octanol–water partition coefficient (Wildman–Crippen LogP) is 2.71. The molecule has 12 nitrogen and oxygen atoms in total. The van der Waals surface area contributed by atoms with E-state index in [9.17, 15) is 34.6 Å². The Labute approximate surface area is 175 Å². The van der Waals surface area contributed by atoms with E-state index in [4.69, 9.17) is 4.74 Å². The molecule has 2 amide bonds. The molecule has 2 aromatic rings. The first kappa shape index (κ1) is 22.9. The van der Waals surface area contributed by atoms with Crippen molar-refractivity contribution in [1.82, 2.24) is 0 Å². The summed E-state index contributed by atoms with van der Waals surface area (Å²) in [4.78, 5) is 55.9. The molecular formula is C19H18N4O8. The number of rotatable bonds is 9. The Morgan fingerprint density at radius 2 is 1.58 bits per heavy atom. The molecule has 2 rings (SSSR count). The van der Waals surface area contributed by atoms with Gasteiger partial charge in [0.05, 0.1) is 16.3 Å². The van der Waals surface area contributed by atoms with Gasteiger partial charge in [-0.25, -0.2) is 0 Å². The van der Waals surface area contributed by atoms with Crippen molar-refractivity contribution in [1.29, 1.82) is 0 Å². The van der Waals surface area contributed by atoms with Crippen LogP contribution in [0.2, 0.25) is 0 Å². The largest absolute Gasteiger partial charge is 0.456 e. The molecule has 162 valence electrons. The van der Waals surface area contributed by atoms with Gasteiger partial charge in [-0.15, -0.1) is 0 Å².